The lowest BCUT2D eigenvalue weighted by Gasteiger charge is -2.06. The molecule has 0 aliphatic heterocycles. The molecule has 0 spiro atoms. The molecule has 5 aromatic rings. The molecule has 9 nitrogen and oxygen atoms in total. The van der Waals surface area contributed by atoms with Crippen molar-refractivity contribution in [3.8, 4) is 51.3 Å². The Morgan fingerprint density at radius 3 is 2.13 bits per heavy atom. The van der Waals surface area contributed by atoms with Crippen LogP contribution in [-0.4, -0.2) is 25.4 Å². The fourth-order valence-electron chi connectivity index (χ4n) is 4.12. The Balaban J connectivity index is 1.57. The monoisotopic (exact) mass is 519 g/mol. The molecule has 5 rings (SSSR count). The molecule has 0 unspecified atom stereocenters. The first-order chi connectivity index (χ1) is 19.0. The van der Waals surface area contributed by atoms with Gasteiger partial charge in [-0.25, -0.2) is 4.99 Å². The molecule has 0 aliphatic rings. The molecule has 9 heteroatoms. The maximum Gasteiger partial charge on any atom is 0.280 e. The van der Waals surface area contributed by atoms with Gasteiger partial charge in [0.25, 0.3) is 5.69 Å². The minimum absolute atomic E-state index is 0.0681. The second-order valence-corrected chi connectivity index (χ2v) is 8.29. The average Bonchev–Trinajstić information content (AvgIpc) is 3.61. The summed E-state index contributed by atoms with van der Waals surface area (Å²) in [6.45, 7) is 0. The van der Waals surface area contributed by atoms with Gasteiger partial charge in [0.1, 0.15) is 40.4 Å². The summed E-state index contributed by atoms with van der Waals surface area (Å²) in [6.07, 6.45) is 1.41. The zero-order valence-electron chi connectivity index (χ0n) is 21.0. The molecule has 0 saturated heterocycles. The van der Waals surface area contributed by atoms with Crippen LogP contribution < -0.4 is 9.47 Å². The summed E-state index contributed by atoms with van der Waals surface area (Å²) in [6, 6.07) is 26.4. The Morgan fingerprint density at radius 1 is 0.872 bits per heavy atom. The van der Waals surface area contributed by atoms with Crippen molar-refractivity contribution in [2.24, 2.45) is 4.99 Å². The van der Waals surface area contributed by atoms with Crippen LogP contribution in [0.2, 0.25) is 0 Å². The van der Waals surface area contributed by atoms with Crippen molar-refractivity contribution >= 4 is 17.8 Å². The summed E-state index contributed by atoms with van der Waals surface area (Å²) < 4.78 is 22.5. The number of furan rings is 2. The molecule has 3 aromatic carbocycles. The number of methoxy groups -OCH3 is 2. The normalized spacial score (nSPS) is 10.9. The first-order valence-corrected chi connectivity index (χ1v) is 11.8. The van der Waals surface area contributed by atoms with Gasteiger partial charge in [0.05, 0.1) is 30.9 Å². The molecule has 0 atom stereocenters. The molecular formula is C30H21N3O6. The van der Waals surface area contributed by atoms with Crippen molar-refractivity contribution in [3.63, 3.8) is 0 Å². The van der Waals surface area contributed by atoms with E-state index in [0.717, 1.165) is 11.1 Å². The highest BCUT2D eigenvalue weighted by Gasteiger charge is 2.23. The van der Waals surface area contributed by atoms with E-state index >= 15 is 0 Å². The molecular weight excluding hydrogens is 498 g/mol. The zero-order valence-corrected chi connectivity index (χ0v) is 21.0. The number of nitro benzene ring substituents is 1. The van der Waals surface area contributed by atoms with Gasteiger partial charge in [0.2, 0.25) is 5.88 Å². The van der Waals surface area contributed by atoms with Crippen molar-refractivity contribution in [1.29, 1.82) is 5.26 Å². The summed E-state index contributed by atoms with van der Waals surface area (Å²) in [5.41, 5.74) is 2.59. The number of hydrogen-bond acceptors (Lipinski definition) is 8. The van der Waals surface area contributed by atoms with Gasteiger partial charge in [-0.2, -0.15) is 5.26 Å². The molecule has 2 aromatic heterocycles. The molecule has 0 fully saturated rings. The molecule has 0 amide bonds. The van der Waals surface area contributed by atoms with Crippen LogP contribution in [0, 0.1) is 21.4 Å². The van der Waals surface area contributed by atoms with Gasteiger partial charge in [-0.05, 0) is 60.2 Å². The third kappa shape index (κ3) is 4.99. The van der Waals surface area contributed by atoms with E-state index in [-0.39, 0.29) is 17.1 Å². The number of para-hydroxylation sites is 1. The summed E-state index contributed by atoms with van der Waals surface area (Å²) >= 11 is 0. The van der Waals surface area contributed by atoms with E-state index in [1.807, 2.05) is 24.3 Å². The summed E-state index contributed by atoms with van der Waals surface area (Å²) in [5.74, 6) is 2.57. The van der Waals surface area contributed by atoms with Gasteiger partial charge < -0.3 is 18.3 Å². The highest BCUT2D eigenvalue weighted by molar-refractivity contribution is 5.89. The third-order valence-electron chi connectivity index (χ3n) is 6.03. The number of aliphatic imine (C=N–C) groups is 1. The van der Waals surface area contributed by atoms with Crippen LogP contribution in [0.25, 0.3) is 33.8 Å². The van der Waals surface area contributed by atoms with E-state index < -0.39 is 4.92 Å². The van der Waals surface area contributed by atoms with Crippen LogP contribution in [0.5, 0.6) is 11.5 Å². The van der Waals surface area contributed by atoms with Crippen molar-refractivity contribution in [1.82, 2.24) is 0 Å². The van der Waals surface area contributed by atoms with E-state index in [0.29, 0.717) is 39.9 Å². The van der Waals surface area contributed by atoms with Crippen molar-refractivity contribution in [3.05, 3.63) is 106 Å². The van der Waals surface area contributed by atoms with E-state index in [4.69, 9.17) is 18.3 Å². The summed E-state index contributed by atoms with van der Waals surface area (Å²) in [4.78, 5) is 15.4. The average molecular weight is 520 g/mol. The first kappa shape index (κ1) is 25.0. The number of hydrogen-bond donors (Lipinski definition) is 0. The smallest absolute Gasteiger partial charge is 0.280 e. The molecule has 2 heterocycles. The fourth-order valence-corrected chi connectivity index (χ4v) is 4.12. The van der Waals surface area contributed by atoms with Gasteiger partial charge in [0.15, 0.2) is 0 Å². The lowest BCUT2D eigenvalue weighted by Crippen LogP contribution is -1.90. The molecule has 0 aliphatic carbocycles. The molecule has 0 N–H and O–H groups in total. The van der Waals surface area contributed by atoms with Gasteiger partial charge in [-0.1, -0.05) is 24.3 Å². The predicted molar refractivity (Wildman–Crippen MR) is 145 cm³/mol. The Kier molecular flexibility index (Phi) is 6.92. The van der Waals surface area contributed by atoms with Crippen LogP contribution >= 0.6 is 0 Å². The second kappa shape index (κ2) is 10.8. The van der Waals surface area contributed by atoms with Crippen molar-refractivity contribution in [2.45, 2.75) is 0 Å². The van der Waals surface area contributed by atoms with E-state index in [1.54, 1.807) is 68.8 Å². The van der Waals surface area contributed by atoms with Crippen LogP contribution in [0.15, 0.2) is 98.8 Å². The quantitative estimate of drug-likeness (QED) is 0.119. The molecule has 39 heavy (non-hydrogen) atoms. The molecule has 0 saturated carbocycles. The second-order valence-electron chi connectivity index (χ2n) is 8.29. The van der Waals surface area contributed by atoms with E-state index in [2.05, 4.69) is 11.1 Å². The Hall–Kier alpha value is -5.62. The maximum atomic E-state index is 11.4. The highest BCUT2D eigenvalue weighted by atomic mass is 16.6. The summed E-state index contributed by atoms with van der Waals surface area (Å²) in [5, 5.41) is 21.5. The lowest BCUT2D eigenvalue weighted by molar-refractivity contribution is -0.384. The van der Waals surface area contributed by atoms with Gasteiger partial charge in [-0.15, -0.1) is 0 Å². The van der Waals surface area contributed by atoms with Crippen LogP contribution in [0.1, 0.15) is 11.3 Å². The number of nitriles is 1. The lowest BCUT2D eigenvalue weighted by atomic mass is 9.98. The number of benzene rings is 3. The van der Waals surface area contributed by atoms with Crippen molar-refractivity contribution in [2.75, 3.05) is 14.2 Å². The zero-order chi connectivity index (χ0) is 27.4. The standard InChI is InChI=1S/C30H21N3O6/c1-36-21-11-7-19(8-12-21)28-25(17-31)30(39-29(28)20-9-13-22(37-2)14-10-20)32-18-23-15-16-27(38-23)24-5-3-4-6-26(24)33(34)35/h3-16,18H,1-2H3/b32-18+. The van der Waals surface area contributed by atoms with Crippen LogP contribution in [0.3, 0.4) is 0 Å². The van der Waals surface area contributed by atoms with Gasteiger partial charge >= 0.3 is 0 Å². The Bertz CT molecular complexity index is 1710. The largest absolute Gasteiger partial charge is 0.497 e. The minimum Gasteiger partial charge on any atom is -0.497 e. The van der Waals surface area contributed by atoms with Gasteiger partial charge in [-0.3, -0.25) is 10.1 Å². The minimum atomic E-state index is -0.463. The fraction of sp³-hybridized carbons (Fsp3) is 0.0667. The molecule has 0 bridgehead atoms. The highest BCUT2D eigenvalue weighted by Crippen LogP contribution is 2.43. The van der Waals surface area contributed by atoms with Gasteiger partial charge in [0, 0.05) is 17.2 Å². The SMILES string of the molecule is COc1ccc(-c2oc(/N=C/c3ccc(-c4ccccc4[N+](=O)[O-])o3)c(C#N)c2-c2ccc(OC)cc2)cc1. The topological polar surface area (TPSA) is 124 Å². The number of rotatable bonds is 8. The predicted octanol–water partition coefficient (Wildman–Crippen LogP) is 7.42. The molecule has 0 radical (unpaired) electrons. The van der Waals surface area contributed by atoms with Crippen LogP contribution in [0.4, 0.5) is 11.6 Å². The number of nitro groups is 1. The summed E-state index contributed by atoms with van der Waals surface area (Å²) in [7, 11) is 3.17. The third-order valence-corrected chi connectivity index (χ3v) is 6.03. The van der Waals surface area contributed by atoms with E-state index in [9.17, 15) is 15.4 Å². The Labute approximate surface area is 223 Å². The van der Waals surface area contributed by atoms with Crippen molar-refractivity contribution < 1.29 is 23.2 Å². The molecule has 192 valence electrons. The Morgan fingerprint density at radius 2 is 1.51 bits per heavy atom. The maximum absolute atomic E-state index is 11.4. The van der Waals surface area contributed by atoms with E-state index in [1.165, 1.54) is 12.3 Å². The number of ether oxygens (including phenoxy) is 2. The first-order valence-electron chi connectivity index (χ1n) is 11.8. The number of nitrogens with zero attached hydrogens (tertiary/aromatic N) is 3. The van der Waals surface area contributed by atoms with Crippen LogP contribution in [-0.2, 0) is 0 Å².